The maximum Gasteiger partial charge on any atom is 0.416 e. The van der Waals surface area contributed by atoms with Crippen LogP contribution in [-0.2, 0) is 6.18 Å². The molecule has 1 fully saturated rings. The maximum absolute atomic E-state index is 12.6. The van der Waals surface area contributed by atoms with Crippen molar-refractivity contribution in [2.24, 2.45) is 0 Å². The van der Waals surface area contributed by atoms with Crippen molar-refractivity contribution in [3.05, 3.63) is 23.8 Å². The van der Waals surface area contributed by atoms with E-state index >= 15 is 0 Å². The van der Waals surface area contributed by atoms with E-state index < -0.39 is 11.7 Å². The van der Waals surface area contributed by atoms with Gasteiger partial charge in [0, 0.05) is 6.04 Å². The van der Waals surface area contributed by atoms with Gasteiger partial charge in [0.25, 0.3) is 0 Å². The summed E-state index contributed by atoms with van der Waals surface area (Å²) in [4.78, 5) is 0. The zero-order chi connectivity index (χ0) is 14.8. The Balaban J connectivity index is 2.15. The SMILES string of the molecule is COc1cc(C(F)(F)F)ccc1OC1CCNC(C)C1. The van der Waals surface area contributed by atoms with E-state index in [1.807, 2.05) is 0 Å². The minimum atomic E-state index is -4.38. The summed E-state index contributed by atoms with van der Waals surface area (Å²) in [5, 5.41) is 3.30. The lowest BCUT2D eigenvalue weighted by Crippen LogP contribution is -2.40. The van der Waals surface area contributed by atoms with Crippen LogP contribution in [0, 0.1) is 0 Å². The zero-order valence-corrected chi connectivity index (χ0v) is 11.5. The lowest BCUT2D eigenvalue weighted by Gasteiger charge is -2.29. The van der Waals surface area contributed by atoms with Crippen LogP contribution in [-0.4, -0.2) is 25.8 Å². The van der Waals surface area contributed by atoms with Gasteiger partial charge in [0.1, 0.15) is 6.10 Å². The maximum atomic E-state index is 12.6. The van der Waals surface area contributed by atoms with Crippen LogP contribution in [0.4, 0.5) is 13.2 Å². The van der Waals surface area contributed by atoms with Gasteiger partial charge in [-0.1, -0.05) is 0 Å². The number of nitrogens with one attached hydrogen (secondary N) is 1. The minimum Gasteiger partial charge on any atom is -0.493 e. The smallest absolute Gasteiger partial charge is 0.416 e. The summed E-state index contributed by atoms with van der Waals surface area (Å²) >= 11 is 0. The number of hydrogen-bond acceptors (Lipinski definition) is 3. The van der Waals surface area contributed by atoms with Crippen LogP contribution in [0.25, 0.3) is 0 Å². The van der Waals surface area contributed by atoms with Gasteiger partial charge in [-0.3, -0.25) is 0 Å². The Morgan fingerprint density at radius 3 is 2.60 bits per heavy atom. The van der Waals surface area contributed by atoms with Gasteiger partial charge in [0.2, 0.25) is 0 Å². The van der Waals surface area contributed by atoms with Crippen LogP contribution in [0.1, 0.15) is 25.3 Å². The summed E-state index contributed by atoms with van der Waals surface area (Å²) in [6.45, 7) is 2.90. The Hall–Kier alpha value is -1.43. The van der Waals surface area contributed by atoms with Gasteiger partial charge < -0.3 is 14.8 Å². The van der Waals surface area contributed by atoms with Gasteiger partial charge in [0.15, 0.2) is 11.5 Å². The molecule has 0 aliphatic carbocycles. The predicted molar refractivity (Wildman–Crippen MR) is 69.1 cm³/mol. The highest BCUT2D eigenvalue weighted by atomic mass is 19.4. The van der Waals surface area contributed by atoms with E-state index in [-0.39, 0.29) is 11.9 Å². The Kier molecular flexibility index (Phi) is 4.42. The second-order valence-corrected chi connectivity index (χ2v) is 4.98. The standard InChI is InChI=1S/C14H18F3NO2/c1-9-7-11(5-6-18-9)20-12-4-3-10(14(15,16)17)8-13(12)19-2/h3-4,8-9,11,18H,5-7H2,1-2H3. The van der Waals surface area contributed by atoms with Gasteiger partial charge in [-0.05, 0) is 44.5 Å². The second kappa shape index (κ2) is 5.91. The molecule has 2 atom stereocenters. The highest BCUT2D eigenvalue weighted by molar-refractivity contribution is 5.44. The second-order valence-electron chi connectivity index (χ2n) is 4.98. The Morgan fingerprint density at radius 1 is 1.25 bits per heavy atom. The summed E-state index contributed by atoms with van der Waals surface area (Å²) in [6.07, 6.45) is -2.73. The van der Waals surface area contributed by atoms with E-state index in [0.717, 1.165) is 31.5 Å². The normalized spacial score (nSPS) is 23.4. The molecule has 1 aromatic carbocycles. The van der Waals surface area contributed by atoms with Gasteiger partial charge in [0.05, 0.1) is 12.7 Å². The summed E-state index contributed by atoms with van der Waals surface area (Å²) in [5.74, 6) is 0.477. The van der Waals surface area contributed by atoms with E-state index in [9.17, 15) is 13.2 Å². The summed E-state index contributed by atoms with van der Waals surface area (Å²) in [5.41, 5.74) is -0.736. The molecular formula is C14H18F3NO2. The van der Waals surface area contributed by atoms with Gasteiger partial charge in [-0.25, -0.2) is 0 Å². The molecule has 1 aliphatic heterocycles. The molecule has 1 saturated heterocycles. The quantitative estimate of drug-likeness (QED) is 0.926. The summed E-state index contributed by atoms with van der Waals surface area (Å²) in [7, 11) is 1.34. The minimum absolute atomic E-state index is 0.00288. The number of ether oxygens (including phenoxy) is 2. The molecular weight excluding hydrogens is 271 g/mol. The monoisotopic (exact) mass is 289 g/mol. The fourth-order valence-electron chi connectivity index (χ4n) is 2.31. The van der Waals surface area contributed by atoms with Crippen molar-refractivity contribution < 1.29 is 22.6 Å². The number of rotatable bonds is 3. The highest BCUT2D eigenvalue weighted by Crippen LogP contribution is 2.37. The summed E-state index contributed by atoms with van der Waals surface area (Å²) in [6, 6.07) is 3.66. The molecule has 0 aromatic heterocycles. The molecule has 2 unspecified atom stereocenters. The van der Waals surface area contributed by atoms with Crippen molar-refractivity contribution in [1.29, 1.82) is 0 Å². The third-order valence-electron chi connectivity index (χ3n) is 3.36. The first-order chi connectivity index (χ1) is 9.40. The van der Waals surface area contributed by atoms with Crippen LogP contribution < -0.4 is 14.8 Å². The third kappa shape index (κ3) is 3.56. The fraction of sp³-hybridized carbons (Fsp3) is 0.571. The van der Waals surface area contributed by atoms with Crippen molar-refractivity contribution in [3.8, 4) is 11.5 Å². The molecule has 112 valence electrons. The van der Waals surface area contributed by atoms with Crippen molar-refractivity contribution in [3.63, 3.8) is 0 Å². The van der Waals surface area contributed by atoms with Crippen molar-refractivity contribution in [1.82, 2.24) is 5.32 Å². The number of hydrogen-bond donors (Lipinski definition) is 1. The Bertz CT molecular complexity index is 462. The van der Waals surface area contributed by atoms with Gasteiger partial charge >= 0.3 is 6.18 Å². The van der Waals surface area contributed by atoms with Gasteiger partial charge in [-0.15, -0.1) is 0 Å². The van der Waals surface area contributed by atoms with Crippen LogP contribution in [0.5, 0.6) is 11.5 Å². The first-order valence-electron chi connectivity index (χ1n) is 6.55. The van der Waals surface area contributed by atoms with Gasteiger partial charge in [-0.2, -0.15) is 13.2 Å². The molecule has 0 bridgehead atoms. The molecule has 0 amide bonds. The largest absolute Gasteiger partial charge is 0.493 e. The number of halogens is 3. The molecule has 0 saturated carbocycles. The lowest BCUT2D eigenvalue weighted by molar-refractivity contribution is -0.137. The third-order valence-corrected chi connectivity index (χ3v) is 3.36. The molecule has 1 aromatic rings. The van der Waals surface area contributed by atoms with Crippen LogP contribution in [0.2, 0.25) is 0 Å². The van der Waals surface area contributed by atoms with E-state index in [1.165, 1.54) is 13.2 Å². The lowest BCUT2D eigenvalue weighted by atomic mass is 10.0. The number of alkyl halides is 3. The number of methoxy groups -OCH3 is 1. The molecule has 2 rings (SSSR count). The first-order valence-corrected chi connectivity index (χ1v) is 6.55. The predicted octanol–water partition coefficient (Wildman–Crippen LogP) is 3.23. The van der Waals surface area contributed by atoms with Crippen molar-refractivity contribution in [2.45, 2.75) is 38.1 Å². The molecule has 6 heteroatoms. The molecule has 1 aliphatic rings. The Labute approximate surface area is 116 Å². The average Bonchev–Trinajstić information content (AvgIpc) is 2.38. The van der Waals surface area contributed by atoms with Crippen LogP contribution >= 0.6 is 0 Å². The molecule has 0 spiro atoms. The van der Waals surface area contributed by atoms with Crippen LogP contribution in [0.15, 0.2) is 18.2 Å². The van der Waals surface area contributed by atoms with E-state index in [2.05, 4.69) is 12.2 Å². The molecule has 1 N–H and O–H groups in total. The topological polar surface area (TPSA) is 30.5 Å². The molecule has 3 nitrogen and oxygen atoms in total. The van der Waals surface area contributed by atoms with Crippen LogP contribution in [0.3, 0.4) is 0 Å². The van der Waals surface area contributed by atoms with Crippen molar-refractivity contribution in [2.75, 3.05) is 13.7 Å². The van der Waals surface area contributed by atoms with Crippen molar-refractivity contribution >= 4 is 0 Å². The van der Waals surface area contributed by atoms with E-state index in [4.69, 9.17) is 9.47 Å². The average molecular weight is 289 g/mol. The fourth-order valence-corrected chi connectivity index (χ4v) is 2.31. The Morgan fingerprint density at radius 2 is 2.00 bits per heavy atom. The molecule has 0 radical (unpaired) electrons. The molecule has 1 heterocycles. The number of piperidine rings is 1. The zero-order valence-electron chi connectivity index (χ0n) is 11.5. The summed E-state index contributed by atoms with van der Waals surface area (Å²) < 4.78 is 48.7. The highest BCUT2D eigenvalue weighted by Gasteiger charge is 2.32. The molecule has 20 heavy (non-hydrogen) atoms. The van der Waals surface area contributed by atoms with E-state index in [0.29, 0.717) is 11.8 Å². The first kappa shape index (κ1) is 15.0. The number of benzene rings is 1. The van der Waals surface area contributed by atoms with E-state index in [1.54, 1.807) is 0 Å².